The van der Waals surface area contributed by atoms with E-state index >= 15 is 0 Å². The molecule has 0 spiro atoms. The van der Waals surface area contributed by atoms with Crippen molar-refractivity contribution >= 4 is 29.1 Å². The molecule has 1 heterocycles. The second kappa shape index (κ2) is 8.56. The van der Waals surface area contributed by atoms with Gasteiger partial charge in [-0.05, 0) is 48.7 Å². The quantitative estimate of drug-likeness (QED) is 0.617. The maximum atomic E-state index is 14.3. The standard InChI is InChI=1S/C24H22ClF3N2O3/c1-11-3-13(22-17(26)7-16(25)10-30-22)4-12(2)20(11)21-18(31)5-14(23(21)33)6-19(32)29-9-15-8-24(15,27)28/h3-4,7,10,14-15,21H,5-6,8-9H2,1-2H3,(H,29,32). The number of rotatable bonds is 6. The van der Waals surface area contributed by atoms with E-state index in [1.165, 1.54) is 6.20 Å². The molecule has 0 bridgehead atoms. The van der Waals surface area contributed by atoms with Gasteiger partial charge in [0.2, 0.25) is 5.91 Å². The lowest BCUT2D eigenvalue weighted by Gasteiger charge is -2.17. The van der Waals surface area contributed by atoms with E-state index in [9.17, 15) is 27.6 Å². The number of halogens is 4. The minimum atomic E-state index is -2.73. The van der Waals surface area contributed by atoms with E-state index in [-0.39, 0.29) is 48.1 Å². The smallest absolute Gasteiger partial charge is 0.253 e. The first kappa shape index (κ1) is 23.4. The van der Waals surface area contributed by atoms with E-state index in [4.69, 9.17) is 11.6 Å². The predicted molar refractivity (Wildman–Crippen MR) is 116 cm³/mol. The molecule has 0 saturated heterocycles. The molecule has 2 aromatic rings. The fraction of sp³-hybridized carbons (Fsp3) is 0.417. The molecule has 1 aromatic carbocycles. The molecule has 1 N–H and O–H groups in total. The van der Waals surface area contributed by atoms with Crippen LogP contribution in [0.15, 0.2) is 24.4 Å². The number of carbonyl (C=O) groups excluding carboxylic acids is 3. The van der Waals surface area contributed by atoms with Gasteiger partial charge in [-0.2, -0.15) is 0 Å². The third-order valence-electron chi connectivity index (χ3n) is 6.35. The highest BCUT2D eigenvalue weighted by Gasteiger charge is 2.56. The SMILES string of the molecule is Cc1cc(-c2ncc(Cl)cc2F)cc(C)c1C1C(=O)CC(CC(=O)NCC2CC2(F)F)C1=O. The van der Waals surface area contributed by atoms with Gasteiger partial charge in [0, 0.05) is 49.4 Å². The fourth-order valence-electron chi connectivity index (χ4n) is 4.55. The van der Waals surface area contributed by atoms with Crippen molar-refractivity contribution in [2.45, 2.75) is 45.0 Å². The van der Waals surface area contributed by atoms with Gasteiger partial charge in [0.1, 0.15) is 17.4 Å². The topological polar surface area (TPSA) is 76.1 Å². The van der Waals surface area contributed by atoms with E-state index in [1.54, 1.807) is 26.0 Å². The molecule has 174 valence electrons. The van der Waals surface area contributed by atoms with E-state index < -0.39 is 35.4 Å². The van der Waals surface area contributed by atoms with Gasteiger partial charge in [0.15, 0.2) is 11.6 Å². The Morgan fingerprint density at radius 3 is 2.42 bits per heavy atom. The van der Waals surface area contributed by atoms with Crippen molar-refractivity contribution in [1.29, 1.82) is 0 Å². The summed E-state index contributed by atoms with van der Waals surface area (Å²) < 4.78 is 40.3. The number of alkyl halides is 2. The molecule has 3 unspecified atom stereocenters. The summed E-state index contributed by atoms with van der Waals surface area (Å²) in [6.07, 6.45) is 0.794. The van der Waals surface area contributed by atoms with Gasteiger partial charge in [-0.1, -0.05) is 11.6 Å². The molecular weight excluding hydrogens is 457 g/mol. The molecular formula is C24H22ClF3N2O3. The number of ketones is 2. The van der Waals surface area contributed by atoms with Crippen LogP contribution in [0.2, 0.25) is 5.02 Å². The summed E-state index contributed by atoms with van der Waals surface area (Å²) >= 11 is 5.77. The van der Waals surface area contributed by atoms with Crippen LogP contribution in [0, 0.1) is 31.5 Å². The molecule has 4 rings (SSSR count). The Balaban J connectivity index is 1.51. The number of nitrogens with zero attached hydrogens (tertiary/aromatic N) is 1. The van der Waals surface area contributed by atoms with Crippen LogP contribution in [0.3, 0.4) is 0 Å². The number of aromatic nitrogens is 1. The maximum absolute atomic E-state index is 14.3. The summed E-state index contributed by atoms with van der Waals surface area (Å²) in [5.74, 6) is -7.15. The first-order chi connectivity index (χ1) is 15.5. The van der Waals surface area contributed by atoms with Crippen molar-refractivity contribution in [2.75, 3.05) is 6.54 Å². The predicted octanol–water partition coefficient (Wildman–Crippen LogP) is 4.56. The summed E-state index contributed by atoms with van der Waals surface area (Å²) in [4.78, 5) is 42.0. The highest BCUT2D eigenvalue weighted by molar-refractivity contribution is 6.30. The summed E-state index contributed by atoms with van der Waals surface area (Å²) in [5, 5.41) is 2.61. The van der Waals surface area contributed by atoms with Gasteiger partial charge in [-0.3, -0.25) is 19.4 Å². The lowest BCUT2D eigenvalue weighted by Crippen LogP contribution is -2.30. The number of hydrogen-bond acceptors (Lipinski definition) is 4. The third-order valence-corrected chi connectivity index (χ3v) is 6.56. The summed E-state index contributed by atoms with van der Waals surface area (Å²) in [6.45, 7) is 3.32. The molecule has 0 radical (unpaired) electrons. The second-order valence-electron chi connectivity index (χ2n) is 8.88. The van der Waals surface area contributed by atoms with E-state index in [2.05, 4.69) is 10.3 Å². The van der Waals surface area contributed by atoms with Gasteiger partial charge in [-0.25, -0.2) is 13.2 Å². The average molecular weight is 479 g/mol. The number of carbonyl (C=O) groups is 3. The number of benzene rings is 1. The molecule has 2 fully saturated rings. The van der Waals surface area contributed by atoms with Gasteiger partial charge in [-0.15, -0.1) is 0 Å². The Labute approximate surface area is 193 Å². The Morgan fingerprint density at radius 1 is 1.21 bits per heavy atom. The molecule has 5 nitrogen and oxygen atoms in total. The van der Waals surface area contributed by atoms with Crippen LogP contribution in [0.25, 0.3) is 11.3 Å². The van der Waals surface area contributed by atoms with E-state index in [0.717, 1.165) is 6.07 Å². The number of aryl methyl sites for hydroxylation is 2. The summed E-state index contributed by atoms with van der Waals surface area (Å²) in [6, 6.07) is 4.49. The van der Waals surface area contributed by atoms with Crippen molar-refractivity contribution < 1.29 is 27.6 Å². The summed E-state index contributed by atoms with van der Waals surface area (Å²) in [5.41, 5.74) is 2.41. The van der Waals surface area contributed by atoms with Crippen LogP contribution in [-0.4, -0.2) is 34.9 Å². The number of hydrogen-bond donors (Lipinski definition) is 1. The summed E-state index contributed by atoms with van der Waals surface area (Å²) in [7, 11) is 0. The van der Waals surface area contributed by atoms with Gasteiger partial charge >= 0.3 is 0 Å². The highest BCUT2D eigenvalue weighted by atomic mass is 35.5. The lowest BCUT2D eigenvalue weighted by atomic mass is 9.85. The van der Waals surface area contributed by atoms with Crippen LogP contribution >= 0.6 is 11.6 Å². The normalized spacial score (nSPS) is 23.6. The zero-order valence-electron chi connectivity index (χ0n) is 18.1. The first-order valence-electron chi connectivity index (χ1n) is 10.6. The number of pyridine rings is 1. The second-order valence-corrected chi connectivity index (χ2v) is 9.32. The van der Waals surface area contributed by atoms with Gasteiger partial charge in [0.05, 0.1) is 5.02 Å². The molecule has 33 heavy (non-hydrogen) atoms. The molecule has 2 saturated carbocycles. The van der Waals surface area contributed by atoms with Crippen LogP contribution < -0.4 is 5.32 Å². The molecule has 3 atom stereocenters. The van der Waals surface area contributed by atoms with Gasteiger partial charge in [0.25, 0.3) is 5.92 Å². The minimum Gasteiger partial charge on any atom is -0.356 e. The van der Waals surface area contributed by atoms with Crippen LogP contribution in [0.4, 0.5) is 13.2 Å². The van der Waals surface area contributed by atoms with Crippen molar-refractivity contribution in [2.24, 2.45) is 11.8 Å². The first-order valence-corrected chi connectivity index (χ1v) is 11.0. The molecule has 0 aliphatic heterocycles. The molecule has 2 aliphatic carbocycles. The number of Topliss-reactive ketones (excluding diaryl/α,β-unsaturated/α-hetero) is 2. The van der Waals surface area contributed by atoms with Crippen LogP contribution in [0.1, 0.15) is 41.9 Å². The highest BCUT2D eigenvalue weighted by Crippen LogP contribution is 2.48. The Hall–Kier alpha value is -2.74. The molecule has 1 amide bonds. The zero-order chi connectivity index (χ0) is 24.1. The van der Waals surface area contributed by atoms with Crippen molar-refractivity contribution in [1.82, 2.24) is 10.3 Å². The third kappa shape index (κ3) is 4.67. The maximum Gasteiger partial charge on any atom is 0.253 e. The Bertz CT molecular complexity index is 1140. The van der Waals surface area contributed by atoms with Crippen molar-refractivity contribution in [3.63, 3.8) is 0 Å². The minimum absolute atomic E-state index is 0.0789. The van der Waals surface area contributed by atoms with Crippen LogP contribution in [0.5, 0.6) is 0 Å². The van der Waals surface area contributed by atoms with E-state index in [0.29, 0.717) is 22.3 Å². The average Bonchev–Trinajstić information content (AvgIpc) is 3.24. The Kier molecular flexibility index (Phi) is 6.07. The molecule has 1 aromatic heterocycles. The van der Waals surface area contributed by atoms with Gasteiger partial charge < -0.3 is 5.32 Å². The lowest BCUT2D eigenvalue weighted by molar-refractivity contribution is -0.128. The Morgan fingerprint density at radius 2 is 1.85 bits per heavy atom. The molecule has 9 heteroatoms. The largest absolute Gasteiger partial charge is 0.356 e. The number of nitrogens with one attached hydrogen (secondary N) is 1. The monoisotopic (exact) mass is 478 g/mol. The van der Waals surface area contributed by atoms with Crippen molar-refractivity contribution in [3.8, 4) is 11.3 Å². The molecule has 2 aliphatic rings. The zero-order valence-corrected chi connectivity index (χ0v) is 18.8. The van der Waals surface area contributed by atoms with E-state index in [1.807, 2.05) is 0 Å². The number of amides is 1. The van der Waals surface area contributed by atoms with Crippen molar-refractivity contribution in [3.05, 3.63) is 51.9 Å². The van der Waals surface area contributed by atoms with Crippen LogP contribution in [-0.2, 0) is 14.4 Å². The fourth-order valence-corrected chi connectivity index (χ4v) is 4.69.